The summed E-state index contributed by atoms with van der Waals surface area (Å²) < 4.78 is 5.89. The molecule has 0 unspecified atom stereocenters. The average molecular weight is 397 g/mol. The van der Waals surface area contributed by atoms with E-state index in [1.165, 1.54) is 0 Å². The maximum absolute atomic E-state index is 12.5. The molecule has 27 heavy (non-hydrogen) atoms. The number of hydrogen-bond donors (Lipinski definition) is 3. The van der Waals surface area contributed by atoms with Crippen molar-refractivity contribution in [2.24, 2.45) is 11.8 Å². The van der Waals surface area contributed by atoms with Crippen molar-refractivity contribution in [3.05, 3.63) is 29.8 Å². The fourth-order valence-corrected chi connectivity index (χ4v) is 3.74. The Kier molecular flexibility index (Phi) is 8.38. The quantitative estimate of drug-likeness (QED) is 0.688. The third-order valence-electron chi connectivity index (χ3n) is 5.45. The van der Waals surface area contributed by atoms with E-state index in [1.54, 1.807) is 12.1 Å². The summed E-state index contributed by atoms with van der Waals surface area (Å²) in [5.41, 5.74) is 0.591. The van der Waals surface area contributed by atoms with E-state index in [9.17, 15) is 9.59 Å². The van der Waals surface area contributed by atoms with E-state index in [0.29, 0.717) is 43.8 Å². The van der Waals surface area contributed by atoms with Crippen molar-refractivity contribution < 1.29 is 19.4 Å². The lowest BCUT2D eigenvalue weighted by molar-refractivity contribution is -0.142. The van der Waals surface area contributed by atoms with E-state index in [4.69, 9.17) is 9.84 Å². The van der Waals surface area contributed by atoms with Gasteiger partial charge in [0.1, 0.15) is 5.75 Å². The zero-order chi connectivity index (χ0) is 18.4. The van der Waals surface area contributed by atoms with E-state index >= 15 is 0 Å². The summed E-state index contributed by atoms with van der Waals surface area (Å²) in [4.78, 5) is 23.5. The fraction of sp³-hybridized carbons (Fsp3) is 0.600. The molecular weight excluding hydrogens is 368 g/mol. The molecule has 1 aromatic carbocycles. The largest absolute Gasteiger partial charge is 0.493 e. The van der Waals surface area contributed by atoms with Gasteiger partial charge in [-0.3, -0.25) is 9.59 Å². The lowest BCUT2D eigenvalue weighted by atomic mass is 9.86. The minimum atomic E-state index is -0.728. The van der Waals surface area contributed by atoms with E-state index in [-0.39, 0.29) is 30.3 Å². The topological polar surface area (TPSA) is 87.7 Å². The predicted molar refractivity (Wildman–Crippen MR) is 106 cm³/mol. The molecule has 3 N–H and O–H groups in total. The van der Waals surface area contributed by atoms with Crippen molar-refractivity contribution in [3.63, 3.8) is 0 Å². The number of amides is 1. The highest BCUT2D eigenvalue weighted by Crippen LogP contribution is 2.25. The normalized spacial score (nSPS) is 23.1. The standard InChI is InChI=1S/C20H28N2O4.ClH/c23-19(22-17-6-4-15(5-7-17)20(24)25)16-2-1-3-18(12-16)26-13-14-8-10-21-11-9-14;/h1-3,12,14-15,17,21H,4-11,13H2,(H,22,23)(H,24,25);1H. The summed E-state index contributed by atoms with van der Waals surface area (Å²) in [5.74, 6) is 0.184. The van der Waals surface area contributed by atoms with E-state index in [2.05, 4.69) is 10.6 Å². The van der Waals surface area contributed by atoms with Crippen molar-refractivity contribution in [2.45, 2.75) is 44.6 Å². The van der Waals surface area contributed by atoms with Crippen LogP contribution >= 0.6 is 12.4 Å². The Morgan fingerprint density at radius 3 is 2.48 bits per heavy atom. The maximum Gasteiger partial charge on any atom is 0.306 e. The summed E-state index contributed by atoms with van der Waals surface area (Å²) >= 11 is 0. The lowest BCUT2D eigenvalue weighted by Gasteiger charge is -2.27. The lowest BCUT2D eigenvalue weighted by Crippen LogP contribution is -2.38. The molecule has 1 saturated heterocycles. The minimum Gasteiger partial charge on any atom is -0.493 e. The van der Waals surface area contributed by atoms with Crippen LogP contribution in [0, 0.1) is 11.8 Å². The maximum atomic E-state index is 12.5. The molecule has 1 aromatic rings. The summed E-state index contributed by atoms with van der Waals surface area (Å²) in [6.07, 6.45) is 4.93. The number of aliphatic carboxylic acids is 1. The summed E-state index contributed by atoms with van der Waals surface area (Å²) in [6, 6.07) is 7.36. The van der Waals surface area contributed by atoms with Crippen molar-refractivity contribution in [1.29, 1.82) is 0 Å². The van der Waals surface area contributed by atoms with Gasteiger partial charge in [0.2, 0.25) is 0 Å². The second-order valence-electron chi connectivity index (χ2n) is 7.39. The first-order chi connectivity index (χ1) is 12.6. The molecule has 0 spiro atoms. The van der Waals surface area contributed by atoms with Gasteiger partial charge < -0.3 is 20.5 Å². The molecule has 0 radical (unpaired) electrons. The molecule has 1 aliphatic heterocycles. The van der Waals surface area contributed by atoms with Gasteiger partial charge in [-0.15, -0.1) is 12.4 Å². The van der Waals surface area contributed by atoms with Crippen molar-refractivity contribution in [3.8, 4) is 5.75 Å². The molecule has 150 valence electrons. The molecule has 1 aliphatic carbocycles. The van der Waals surface area contributed by atoms with Crippen LogP contribution in [-0.4, -0.2) is 42.7 Å². The molecule has 7 heteroatoms. The zero-order valence-electron chi connectivity index (χ0n) is 15.5. The molecule has 3 rings (SSSR count). The number of halogens is 1. The Morgan fingerprint density at radius 2 is 1.81 bits per heavy atom. The van der Waals surface area contributed by atoms with Crippen LogP contribution in [0.5, 0.6) is 5.75 Å². The highest BCUT2D eigenvalue weighted by atomic mass is 35.5. The smallest absolute Gasteiger partial charge is 0.306 e. The fourth-order valence-electron chi connectivity index (χ4n) is 3.74. The second kappa shape index (κ2) is 10.5. The highest BCUT2D eigenvalue weighted by molar-refractivity contribution is 5.94. The second-order valence-corrected chi connectivity index (χ2v) is 7.39. The monoisotopic (exact) mass is 396 g/mol. The van der Waals surface area contributed by atoms with Gasteiger partial charge in [0.05, 0.1) is 12.5 Å². The number of hydrogen-bond acceptors (Lipinski definition) is 4. The van der Waals surface area contributed by atoms with Gasteiger partial charge in [0.25, 0.3) is 5.91 Å². The van der Waals surface area contributed by atoms with Gasteiger partial charge in [0, 0.05) is 11.6 Å². The van der Waals surface area contributed by atoms with E-state index in [1.807, 2.05) is 12.1 Å². The number of piperidine rings is 1. The number of rotatable bonds is 6. The Hall–Kier alpha value is -1.79. The molecule has 0 aromatic heterocycles. The van der Waals surface area contributed by atoms with Crippen LogP contribution in [-0.2, 0) is 4.79 Å². The predicted octanol–water partition coefficient (Wildman–Crippen LogP) is 2.86. The highest BCUT2D eigenvalue weighted by Gasteiger charge is 2.27. The average Bonchev–Trinajstić information content (AvgIpc) is 2.68. The van der Waals surface area contributed by atoms with Gasteiger partial charge in [-0.2, -0.15) is 0 Å². The Morgan fingerprint density at radius 1 is 1.11 bits per heavy atom. The molecule has 2 aliphatic rings. The van der Waals surface area contributed by atoms with Crippen LogP contribution in [0.2, 0.25) is 0 Å². The number of nitrogens with one attached hydrogen (secondary N) is 2. The molecule has 0 atom stereocenters. The molecule has 1 saturated carbocycles. The van der Waals surface area contributed by atoms with E-state index in [0.717, 1.165) is 31.7 Å². The van der Waals surface area contributed by atoms with Crippen LogP contribution < -0.4 is 15.4 Å². The van der Waals surface area contributed by atoms with Crippen LogP contribution in [0.4, 0.5) is 0 Å². The molecule has 0 bridgehead atoms. The van der Waals surface area contributed by atoms with Crippen LogP contribution in [0.3, 0.4) is 0 Å². The summed E-state index contributed by atoms with van der Waals surface area (Å²) in [6.45, 7) is 2.77. The number of carbonyl (C=O) groups excluding carboxylic acids is 1. The van der Waals surface area contributed by atoms with Crippen molar-refractivity contribution in [1.82, 2.24) is 10.6 Å². The first kappa shape index (κ1) is 21.5. The third kappa shape index (κ3) is 6.40. The van der Waals surface area contributed by atoms with Gasteiger partial charge >= 0.3 is 5.97 Å². The van der Waals surface area contributed by atoms with Gasteiger partial charge in [-0.1, -0.05) is 6.07 Å². The number of carboxylic acids is 1. The van der Waals surface area contributed by atoms with Crippen LogP contribution in [0.15, 0.2) is 24.3 Å². The van der Waals surface area contributed by atoms with Gasteiger partial charge in [0.15, 0.2) is 0 Å². The van der Waals surface area contributed by atoms with Gasteiger partial charge in [-0.05, 0) is 75.7 Å². The van der Waals surface area contributed by atoms with Crippen LogP contribution in [0.1, 0.15) is 48.9 Å². The number of carboxylic acid groups (broad SMARTS) is 1. The molecule has 1 amide bonds. The number of ether oxygens (including phenoxy) is 1. The molecule has 1 heterocycles. The van der Waals surface area contributed by atoms with Crippen LogP contribution in [0.25, 0.3) is 0 Å². The Labute approximate surface area is 166 Å². The molecular formula is C20H29ClN2O4. The zero-order valence-corrected chi connectivity index (χ0v) is 16.3. The first-order valence-corrected chi connectivity index (χ1v) is 9.59. The molecule has 6 nitrogen and oxygen atoms in total. The SMILES string of the molecule is Cl.O=C(NC1CCC(C(=O)O)CC1)c1cccc(OCC2CCNCC2)c1. The Balaban J connectivity index is 0.00000261. The summed E-state index contributed by atoms with van der Waals surface area (Å²) in [5, 5.41) is 15.4. The first-order valence-electron chi connectivity index (χ1n) is 9.59. The molecule has 2 fully saturated rings. The van der Waals surface area contributed by atoms with Gasteiger partial charge in [-0.25, -0.2) is 0 Å². The third-order valence-corrected chi connectivity index (χ3v) is 5.45. The Bertz CT molecular complexity index is 626. The summed E-state index contributed by atoms with van der Waals surface area (Å²) in [7, 11) is 0. The van der Waals surface area contributed by atoms with Crippen molar-refractivity contribution >= 4 is 24.3 Å². The van der Waals surface area contributed by atoms with E-state index < -0.39 is 5.97 Å². The minimum absolute atomic E-state index is 0. The number of benzene rings is 1. The number of carbonyl (C=O) groups is 2. The van der Waals surface area contributed by atoms with Crippen molar-refractivity contribution in [2.75, 3.05) is 19.7 Å².